The molecule has 2 atom stereocenters. The molecular formula is C18H20N2O. The van der Waals surface area contributed by atoms with E-state index in [4.69, 9.17) is 15.7 Å². The molecule has 2 aromatic carbocycles. The molecular weight excluding hydrogens is 260 g/mol. The maximum Gasteiger partial charge on any atom is 0.138 e. The number of hydrogen-bond acceptors (Lipinski definition) is 3. The molecule has 0 fully saturated rings. The molecule has 0 spiro atoms. The van der Waals surface area contributed by atoms with Crippen LogP contribution in [0.5, 0.6) is 5.75 Å². The predicted molar refractivity (Wildman–Crippen MR) is 84.1 cm³/mol. The van der Waals surface area contributed by atoms with Gasteiger partial charge in [-0.2, -0.15) is 5.26 Å². The smallest absolute Gasteiger partial charge is 0.138 e. The average molecular weight is 280 g/mol. The fourth-order valence-corrected chi connectivity index (χ4v) is 2.17. The third-order valence-electron chi connectivity index (χ3n) is 3.45. The van der Waals surface area contributed by atoms with Crippen LogP contribution in [0.2, 0.25) is 0 Å². The van der Waals surface area contributed by atoms with Crippen molar-refractivity contribution >= 4 is 0 Å². The lowest BCUT2D eigenvalue weighted by molar-refractivity contribution is 0.179. The summed E-state index contributed by atoms with van der Waals surface area (Å²) in [5, 5.41) is 9.01. The standard InChI is InChI=1S/C18H20N2O/c1-12-4-8-16(9-5-12)18(14(3)20)21-17-10-15(11-19)7-6-13(17)2/h4-10,14,18H,20H2,1-3H3. The normalized spacial score (nSPS) is 13.3. The molecule has 0 aliphatic heterocycles. The van der Waals surface area contributed by atoms with E-state index in [1.54, 1.807) is 12.1 Å². The Morgan fingerprint density at radius 3 is 2.33 bits per heavy atom. The quantitative estimate of drug-likeness (QED) is 0.930. The molecule has 3 heteroatoms. The van der Waals surface area contributed by atoms with Crippen molar-refractivity contribution in [2.45, 2.75) is 32.9 Å². The molecule has 0 aliphatic rings. The van der Waals surface area contributed by atoms with Crippen molar-refractivity contribution in [3.8, 4) is 11.8 Å². The fourth-order valence-electron chi connectivity index (χ4n) is 2.17. The van der Waals surface area contributed by atoms with Gasteiger partial charge in [0.15, 0.2) is 0 Å². The minimum absolute atomic E-state index is 0.155. The highest BCUT2D eigenvalue weighted by Gasteiger charge is 2.19. The Morgan fingerprint density at radius 2 is 1.76 bits per heavy atom. The van der Waals surface area contributed by atoms with Gasteiger partial charge in [0.2, 0.25) is 0 Å². The van der Waals surface area contributed by atoms with E-state index in [9.17, 15) is 0 Å². The van der Waals surface area contributed by atoms with Crippen molar-refractivity contribution in [2.24, 2.45) is 5.73 Å². The molecule has 0 saturated carbocycles. The second kappa shape index (κ2) is 6.43. The van der Waals surface area contributed by atoms with Gasteiger partial charge in [-0.25, -0.2) is 0 Å². The van der Waals surface area contributed by atoms with E-state index in [1.807, 2.05) is 51.1 Å². The monoisotopic (exact) mass is 280 g/mol. The van der Waals surface area contributed by atoms with Crippen molar-refractivity contribution in [1.82, 2.24) is 0 Å². The summed E-state index contributed by atoms with van der Waals surface area (Å²) in [6.45, 7) is 5.93. The van der Waals surface area contributed by atoms with Crippen molar-refractivity contribution in [2.75, 3.05) is 0 Å². The van der Waals surface area contributed by atoms with E-state index in [-0.39, 0.29) is 12.1 Å². The molecule has 0 amide bonds. The van der Waals surface area contributed by atoms with E-state index < -0.39 is 0 Å². The van der Waals surface area contributed by atoms with Crippen LogP contribution in [0.1, 0.15) is 35.3 Å². The van der Waals surface area contributed by atoms with E-state index in [0.29, 0.717) is 11.3 Å². The molecule has 2 N–H and O–H groups in total. The van der Waals surface area contributed by atoms with Crippen LogP contribution in [0.25, 0.3) is 0 Å². The van der Waals surface area contributed by atoms with Gasteiger partial charge in [0.05, 0.1) is 11.6 Å². The van der Waals surface area contributed by atoms with Gasteiger partial charge in [-0.15, -0.1) is 0 Å². The number of aryl methyl sites for hydroxylation is 2. The minimum atomic E-state index is -0.238. The third-order valence-corrected chi connectivity index (χ3v) is 3.45. The summed E-state index contributed by atoms with van der Waals surface area (Å²) in [6, 6.07) is 15.6. The van der Waals surface area contributed by atoms with Crippen molar-refractivity contribution in [3.63, 3.8) is 0 Å². The molecule has 0 aliphatic carbocycles. The van der Waals surface area contributed by atoms with E-state index in [1.165, 1.54) is 5.56 Å². The summed E-state index contributed by atoms with van der Waals surface area (Å²) in [6.07, 6.45) is -0.238. The summed E-state index contributed by atoms with van der Waals surface area (Å²) >= 11 is 0. The molecule has 3 nitrogen and oxygen atoms in total. The lowest BCUT2D eigenvalue weighted by atomic mass is 10.0. The van der Waals surface area contributed by atoms with Crippen LogP contribution < -0.4 is 10.5 Å². The van der Waals surface area contributed by atoms with Crippen molar-refractivity contribution in [1.29, 1.82) is 5.26 Å². The largest absolute Gasteiger partial charge is 0.484 e. The number of nitrogens with two attached hydrogens (primary N) is 1. The Morgan fingerprint density at radius 1 is 1.10 bits per heavy atom. The zero-order valence-electron chi connectivity index (χ0n) is 12.6. The van der Waals surface area contributed by atoms with Crippen molar-refractivity contribution < 1.29 is 4.74 Å². The second-order valence-corrected chi connectivity index (χ2v) is 5.40. The topological polar surface area (TPSA) is 59.0 Å². The highest BCUT2D eigenvalue weighted by atomic mass is 16.5. The molecule has 0 heterocycles. The summed E-state index contributed by atoms with van der Waals surface area (Å²) in [4.78, 5) is 0. The minimum Gasteiger partial charge on any atom is -0.484 e. The van der Waals surface area contributed by atoms with Gasteiger partial charge in [0.1, 0.15) is 11.9 Å². The Labute approximate surface area is 126 Å². The van der Waals surface area contributed by atoms with Crippen LogP contribution in [-0.4, -0.2) is 6.04 Å². The first-order valence-electron chi connectivity index (χ1n) is 7.01. The molecule has 0 bridgehead atoms. The zero-order chi connectivity index (χ0) is 15.4. The number of nitrogens with zero attached hydrogens (tertiary/aromatic N) is 1. The first kappa shape index (κ1) is 15.1. The Kier molecular flexibility index (Phi) is 4.62. The highest BCUT2D eigenvalue weighted by molar-refractivity contribution is 5.42. The second-order valence-electron chi connectivity index (χ2n) is 5.40. The lowest BCUT2D eigenvalue weighted by Crippen LogP contribution is -2.29. The van der Waals surface area contributed by atoms with Gasteiger partial charge in [-0.3, -0.25) is 0 Å². The van der Waals surface area contributed by atoms with Crippen LogP contribution in [0.15, 0.2) is 42.5 Å². The van der Waals surface area contributed by atoms with Gasteiger partial charge in [-0.05, 0) is 44.0 Å². The Hall–Kier alpha value is -2.31. The molecule has 0 radical (unpaired) electrons. The summed E-state index contributed by atoms with van der Waals surface area (Å²) < 4.78 is 6.10. The van der Waals surface area contributed by atoms with Crippen LogP contribution in [0.4, 0.5) is 0 Å². The van der Waals surface area contributed by atoms with Crippen LogP contribution in [0.3, 0.4) is 0 Å². The number of nitriles is 1. The fraction of sp³-hybridized carbons (Fsp3) is 0.278. The molecule has 2 rings (SSSR count). The van der Waals surface area contributed by atoms with Gasteiger partial charge in [0.25, 0.3) is 0 Å². The summed E-state index contributed by atoms with van der Waals surface area (Å²) in [7, 11) is 0. The van der Waals surface area contributed by atoms with Crippen LogP contribution in [-0.2, 0) is 0 Å². The first-order valence-corrected chi connectivity index (χ1v) is 7.01. The molecule has 108 valence electrons. The van der Waals surface area contributed by atoms with Crippen molar-refractivity contribution in [3.05, 3.63) is 64.7 Å². The molecule has 2 aromatic rings. The number of rotatable bonds is 4. The summed E-state index contributed by atoms with van der Waals surface area (Å²) in [5.74, 6) is 0.705. The van der Waals surface area contributed by atoms with Gasteiger partial charge >= 0.3 is 0 Å². The van der Waals surface area contributed by atoms with Gasteiger partial charge in [0, 0.05) is 6.04 Å². The van der Waals surface area contributed by atoms with Crippen LogP contribution in [0, 0.1) is 25.2 Å². The van der Waals surface area contributed by atoms with Crippen LogP contribution >= 0.6 is 0 Å². The summed E-state index contributed by atoms with van der Waals surface area (Å²) in [5.41, 5.74) is 9.90. The molecule has 2 unspecified atom stereocenters. The number of ether oxygens (including phenoxy) is 1. The Bertz CT molecular complexity index is 654. The van der Waals surface area contributed by atoms with E-state index in [2.05, 4.69) is 6.07 Å². The molecule has 0 saturated heterocycles. The molecule has 21 heavy (non-hydrogen) atoms. The average Bonchev–Trinajstić information content (AvgIpc) is 2.47. The number of benzene rings is 2. The molecule has 0 aromatic heterocycles. The van der Waals surface area contributed by atoms with E-state index >= 15 is 0 Å². The van der Waals surface area contributed by atoms with Gasteiger partial charge in [-0.1, -0.05) is 35.9 Å². The third kappa shape index (κ3) is 3.62. The van der Waals surface area contributed by atoms with Gasteiger partial charge < -0.3 is 10.5 Å². The van der Waals surface area contributed by atoms with E-state index in [0.717, 1.165) is 11.1 Å². The number of hydrogen-bond donors (Lipinski definition) is 1. The highest BCUT2D eigenvalue weighted by Crippen LogP contribution is 2.28. The Balaban J connectivity index is 2.33. The maximum atomic E-state index is 9.01. The SMILES string of the molecule is Cc1ccc(C(Oc2cc(C#N)ccc2C)C(C)N)cc1. The lowest BCUT2D eigenvalue weighted by Gasteiger charge is -2.24. The maximum absolute atomic E-state index is 9.01. The first-order chi connectivity index (χ1) is 10.0. The predicted octanol–water partition coefficient (Wildman–Crippen LogP) is 3.64. The zero-order valence-corrected chi connectivity index (χ0v) is 12.6.